The smallest absolute Gasteiger partial charge is 0.235 e. The first-order valence-corrected chi connectivity index (χ1v) is 14.3. The lowest BCUT2D eigenvalue weighted by atomic mass is 9.52. The molecule has 0 aromatic heterocycles. The van der Waals surface area contributed by atoms with Gasteiger partial charge in [-0.2, -0.15) is 0 Å². The van der Waals surface area contributed by atoms with Gasteiger partial charge in [0.1, 0.15) is 5.75 Å². The van der Waals surface area contributed by atoms with E-state index in [9.17, 15) is 39.3 Å². The number of benzene rings is 1. The number of phenols is 1. The number of fused-ring (bicyclic) bond motifs is 3. The van der Waals surface area contributed by atoms with Gasteiger partial charge in [-0.15, -0.1) is 0 Å². The number of ketones is 4. The number of nitrogens with two attached hydrogens (primary N) is 1. The summed E-state index contributed by atoms with van der Waals surface area (Å²) in [5.74, 6) is -10.6. The fraction of sp³-hybridized carbons (Fsp3) is 0.633. The Balaban J connectivity index is 1.59. The van der Waals surface area contributed by atoms with Crippen LogP contribution in [0.1, 0.15) is 60.0 Å². The molecule has 3 fully saturated rings. The van der Waals surface area contributed by atoms with Crippen LogP contribution in [-0.2, 0) is 32.0 Å². The van der Waals surface area contributed by atoms with Crippen LogP contribution < -0.4 is 10.6 Å². The summed E-state index contributed by atoms with van der Waals surface area (Å²) in [4.78, 5) is 70.3. The van der Waals surface area contributed by atoms with Crippen molar-refractivity contribution in [2.75, 3.05) is 33.1 Å². The van der Waals surface area contributed by atoms with Crippen molar-refractivity contribution in [2.45, 2.75) is 68.6 Å². The Morgan fingerprint density at radius 2 is 1.68 bits per heavy atom. The van der Waals surface area contributed by atoms with Crippen LogP contribution >= 0.6 is 0 Å². The van der Waals surface area contributed by atoms with E-state index in [1.807, 2.05) is 25.1 Å². The van der Waals surface area contributed by atoms with E-state index in [4.69, 9.17) is 5.73 Å². The maximum absolute atomic E-state index is 14.1. The third kappa shape index (κ3) is 4.31. The maximum Gasteiger partial charge on any atom is 0.235 e. The highest BCUT2D eigenvalue weighted by atomic mass is 16.3. The summed E-state index contributed by atoms with van der Waals surface area (Å²) in [5.41, 5.74) is 3.51. The van der Waals surface area contributed by atoms with E-state index < -0.39 is 70.0 Å². The number of likely N-dealkylation sites (N-methyl/N-ethyl adjacent to an activating group) is 1. The highest BCUT2D eigenvalue weighted by molar-refractivity contribution is 6.32. The molecule has 0 bridgehead atoms. The third-order valence-electron chi connectivity index (χ3n) is 9.99. The van der Waals surface area contributed by atoms with Crippen LogP contribution in [0, 0.1) is 23.7 Å². The summed E-state index contributed by atoms with van der Waals surface area (Å²) in [7, 11) is 6.74. The van der Waals surface area contributed by atoms with Crippen LogP contribution in [-0.4, -0.2) is 94.7 Å². The van der Waals surface area contributed by atoms with E-state index >= 15 is 0 Å². The number of aryl methyl sites for hydroxylation is 1. The minimum absolute atomic E-state index is 0.00626. The first kappa shape index (κ1) is 29.3. The highest BCUT2D eigenvalue weighted by Crippen LogP contribution is 2.52. The molecular formula is C30H39N3O8. The predicted octanol–water partition coefficient (Wildman–Crippen LogP) is 0.171. The van der Waals surface area contributed by atoms with Gasteiger partial charge in [-0.05, 0) is 75.7 Å². The molecule has 0 spiro atoms. The highest BCUT2D eigenvalue weighted by Gasteiger charge is 2.69. The van der Waals surface area contributed by atoms with E-state index in [0.717, 1.165) is 12.8 Å². The van der Waals surface area contributed by atoms with Crippen molar-refractivity contribution in [3.05, 3.63) is 22.8 Å². The van der Waals surface area contributed by atoms with Gasteiger partial charge in [0.15, 0.2) is 34.7 Å². The van der Waals surface area contributed by atoms with Crippen molar-refractivity contribution in [1.29, 1.82) is 0 Å². The summed E-state index contributed by atoms with van der Waals surface area (Å²) < 4.78 is 0. The second-order valence-corrected chi connectivity index (χ2v) is 12.9. The van der Waals surface area contributed by atoms with Gasteiger partial charge in [0.2, 0.25) is 5.91 Å². The molecule has 222 valence electrons. The Kier molecular flexibility index (Phi) is 7.15. The molecule has 4 aliphatic rings. The second kappa shape index (κ2) is 9.99. The SMILES string of the molecule is CN(C)c1cc(CCC2(O)CCCC2)c(O)c2c1C[C@H]1C[C@H]3[C@H](N(C)C)C(=O)C(C(N)=O)C(=O)[C@@]3(O)C(=O)C1C2=O. The van der Waals surface area contributed by atoms with E-state index in [0.29, 0.717) is 42.5 Å². The molecule has 11 heteroatoms. The number of carbonyl (C=O) groups excluding carboxylic acids is 5. The standard InChI is InChI=1S/C30H39N3O8/c1-32(2)18-13-14(7-10-29(40)8-5-6-9-29)23(34)20-16(18)11-15-12-17-22(33(3)4)25(36)21(28(31)39)27(38)30(17,41)26(37)19(15)24(20)35/h13,15,17,19,21-22,34,40-41H,5-12H2,1-4H3,(H2,31,39)/t15-,17-,19?,21?,22-,30-/m0/s1. The lowest BCUT2D eigenvalue weighted by Gasteiger charge is -2.52. The van der Waals surface area contributed by atoms with Crippen LogP contribution in [0.5, 0.6) is 5.75 Å². The van der Waals surface area contributed by atoms with Crippen LogP contribution in [0.2, 0.25) is 0 Å². The average molecular weight is 570 g/mol. The van der Waals surface area contributed by atoms with E-state index in [2.05, 4.69) is 0 Å². The number of phenolic OH excluding ortho intramolecular Hbond substituents is 1. The zero-order chi connectivity index (χ0) is 30.2. The van der Waals surface area contributed by atoms with Gasteiger partial charge in [0, 0.05) is 25.7 Å². The average Bonchev–Trinajstić information content (AvgIpc) is 3.31. The number of anilines is 1. The Labute approximate surface area is 238 Å². The minimum Gasteiger partial charge on any atom is -0.507 e. The molecule has 6 atom stereocenters. The summed E-state index contributed by atoms with van der Waals surface area (Å²) in [6.07, 6.45) is 4.15. The molecule has 0 saturated heterocycles. The Morgan fingerprint density at radius 1 is 1.05 bits per heavy atom. The monoisotopic (exact) mass is 569 g/mol. The van der Waals surface area contributed by atoms with Gasteiger partial charge >= 0.3 is 0 Å². The first-order chi connectivity index (χ1) is 19.1. The van der Waals surface area contributed by atoms with E-state index in [-0.39, 0.29) is 24.2 Å². The minimum atomic E-state index is -2.75. The fourth-order valence-corrected chi connectivity index (χ4v) is 7.95. The molecule has 1 aromatic rings. The summed E-state index contributed by atoms with van der Waals surface area (Å²) in [6, 6.07) is 0.677. The Bertz CT molecular complexity index is 1350. The number of nitrogens with zero attached hydrogens (tertiary/aromatic N) is 2. The number of hydrogen-bond donors (Lipinski definition) is 4. The first-order valence-electron chi connectivity index (χ1n) is 14.3. The number of aliphatic hydroxyl groups is 2. The molecule has 1 aromatic carbocycles. The zero-order valence-corrected chi connectivity index (χ0v) is 24.0. The molecule has 4 aliphatic carbocycles. The van der Waals surface area contributed by atoms with Gasteiger partial charge < -0.3 is 26.0 Å². The van der Waals surface area contributed by atoms with Crippen LogP contribution in [0.15, 0.2) is 6.07 Å². The van der Waals surface area contributed by atoms with Crippen molar-refractivity contribution in [2.24, 2.45) is 29.4 Å². The van der Waals surface area contributed by atoms with E-state index in [1.165, 1.54) is 4.90 Å². The van der Waals surface area contributed by atoms with Crippen molar-refractivity contribution < 1.29 is 39.3 Å². The lowest BCUT2D eigenvalue weighted by Crippen LogP contribution is -2.74. The van der Waals surface area contributed by atoms with Crippen molar-refractivity contribution in [3.63, 3.8) is 0 Å². The van der Waals surface area contributed by atoms with Crippen molar-refractivity contribution in [3.8, 4) is 5.75 Å². The maximum atomic E-state index is 14.1. The van der Waals surface area contributed by atoms with Crippen LogP contribution in [0.25, 0.3) is 0 Å². The third-order valence-corrected chi connectivity index (χ3v) is 9.99. The van der Waals surface area contributed by atoms with E-state index in [1.54, 1.807) is 14.1 Å². The molecule has 11 nitrogen and oxygen atoms in total. The predicted molar refractivity (Wildman–Crippen MR) is 147 cm³/mol. The van der Waals surface area contributed by atoms with Gasteiger partial charge in [-0.1, -0.05) is 12.8 Å². The molecule has 2 unspecified atom stereocenters. The quantitative estimate of drug-likeness (QED) is 0.345. The number of amides is 1. The molecule has 5 N–H and O–H groups in total. The summed E-state index contributed by atoms with van der Waals surface area (Å²) >= 11 is 0. The number of Topliss-reactive ketones (excluding diaryl/α,β-unsaturated/α-hetero) is 4. The molecule has 0 radical (unpaired) electrons. The molecule has 3 saturated carbocycles. The number of hydrogen-bond acceptors (Lipinski definition) is 10. The zero-order valence-electron chi connectivity index (χ0n) is 24.0. The summed E-state index contributed by atoms with van der Waals surface area (Å²) in [5, 5.41) is 34.0. The molecule has 41 heavy (non-hydrogen) atoms. The fourth-order valence-electron chi connectivity index (χ4n) is 7.95. The number of aromatic hydroxyl groups is 1. The lowest BCUT2D eigenvalue weighted by molar-refractivity contribution is -0.181. The molecule has 0 heterocycles. The Morgan fingerprint density at radius 3 is 2.24 bits per heavy atom. The van der Waals surface area contributed by atoms with Gasteiger partial charge in [-0.3, -0.25) is 28.9 Å². The van der Waals surface area contributed by atoms with Crippen molar-refractivity contribution >= 4 is 34.7 Å². The number of carbonyl (C=O) groups is 5. The van der Waals surface area contributed by atoms with Crippen LogP contribution in [0.4, 0.5) is 5.69 Å². The van der Waals surface area contributed by atoms with Crippen molar-refractivity contribution in [1.82, 2.24) is 4.90 Å². The normalized spacial score (nSPS) is 32.5. The topological polar surface area (TPSA) is 179 Å². The summed E-state index contributed by atoms with van der Waals surface area (Å²) in [6.45, 7) is 0. The van der Waals surface area contributed by atoms with Gasteiger partial charge in [-0.25, -0.2) is 0 Å². The molecule has 5 rings (SSSR count). The molecule has 1 amide bonds. The molecular weight excluding hydrogens is 530 g/mol. The van der Waals surface area contributed by atoms with Crippen LogP contribution in [0.3, 0.4) is 0 Å². The van der Waals surface area contributed by atoms with Gasteiger partial charge in [0.25, 0.3) is 0 Å². The molecule has 0 aliphatic heterocycles. The van der Waals surface area contributed by atoms with Gasteiger partial charge in [0.05, 0.1) is 23.1 Å². The second-order valence-electron chi connectivity index (χ2n) is 12.9. The number of primary amides is 1. The Hall–Kier alpha value is -3.15. The largest absolute Gasteiger partial charge is 0.507 e. The number of rotatable bonds is 6.